The minimum atomic E-state index is -0.356. The number of H-pyrrole nitrogens is 2. The zero-order chi connectivity index (χ0) is 24.2. The Morgan fingerprint density at radius 1 is 0.914 bits per heavy atom. The lowest BCUT2D eigenvalue weighted by Crippen LogP contribution is -2.42. The molecule has 2 atom stereocenters. The first-order chi connectivity index (χ1) is 17.1. The van der Waals surface area contributed by atoms with E-state index >= 15 is 0 Å². The summed E-state index contributed by atoms with van der Waals surface area (Å²) in [7, 11) is 0. The third-order valence-electron chi connectivity index (χ3n) is 6.12. The van der Waals surface area contributed by atoms with Crippen LogP contribution in [-0.2, 0) is 4.79 Å². The summed E-state index contributed by atoms with van der Waals surface area (Å²) in [6, 6.07) is 7.06. The zero-order valence-corrected chi connectivity index (χ0v) is 18.9. The summed E-state index contributed by atoms with van der Waals surface area (Å²) in [6.07, 6.45) is 6.96. The van der Waals surface area contributed by atoms with Crippen LogP contribution >= 0.6 is 0 Å². The molecule has 35 heavy (non-hydrogen) atoms. The second-order valence-corrected chi connectivity index (χ2v) is 8.55. The van der Waals surface area contributed by atoms with Crippen molar-refractivity contribution in [2.45, 2.75) is 44.2 Å². The van der Waals surface area contributed by atoms with E-state index < -0.39 is 0 Å². The number of aromatic amines is 2. The molecular formula is C23H25N9O3. The van der Waals surface area contributed by atoms with E-state index in [1.54, 1.807) is 36.7 Å². The zero-order valence-electron chi connectivity index (χ0n) is 18.9. The Labute approximate surface area is 199 Å². The van der Waals surface area contributed by atoms with Crippen LogP contribution in [0.3, 0.4) is 0 Å². The first-order valence-corrected chi connectivity index (χ1v) is 11.5. The molecule has 0 spiro atoms. The van der Waals surface area contributed by atoms with Crippen molar-refractivity contribution in [3.8, 4) is 0 Å². The van der Waals surface area contributed by atoms with Crippen molar-refractivity contribution in [2.75, 3.05) is 17.2 Å². The first-order valence-electron chi connectivity index (χ1n) is 11.5. The van der Waals surface area contributed by atoms with Gasteiger partial charge in [0.05, 0.1) is 10.8 Å². The predicted octanol–water partition coefficient (Wildman–Crippen LogP) is 1.29. The van der Waals surface area contributed by atoms with Crippen molar-refractivity contribution in [1.82, 2.24) is 35.7 Å². The van der Waals surface area contributed by atoms with Crippen LogP contribution in [0.2, 0.25) is 0 Å². The number of carbonyl (C=O) groups excluding carboxylic acids is 1. The number of amides is 1. The Morgan fingerprint density at radius 2 is 1.63 bits per heavy atom. The monoisotopic (exact) mass is 475 g/mol. The van der Waals surface area contributed by atoms with Crippen LogP contribution in [0.1, 0.15) is 32.1 Å². The number of hydrogen-bond acceptors (Lipinski definition) is 9. The number of nitrogens with zero attached hydrogens (tertiary/aromatic N) is 4. The minimum absolute atomic E-state index is 0.0342. The molecule has 1 amide bonds. The molecule has 1 aliphatic rings. The average molecular weight is 476 g/mol. The Balaban J connectivity index is 1.15. The van der Waals surface area contributed by atoms with E-state index in [0.717, 1.165) is 25.7 Å². The van der Waals surface area contributed by atoms with Crippen molar-refractivity contribution in [2.24, 2.45) is 0 Å². The van der Waals surface area contributed by atoms with Gasteiger partial charge in [0.1, 0.15) is 11.0 Å². The average Bonchev–Trinajstić information content (AvgIpc) is 2.88. The van der Waals surface area contributed by atoms with E-state index in [0.29, 0.717) is 40.0 Å². The third-order valence-corrected chi connectivity index (χ3v) is 6.12. The summed E-state index contributed by atoms with van der Waals surface area (Å²) in [5.41, 5.74) is 0.204. The van der Waals surface area contributed by atoms with Gasteiger partial charge in [-0.15, -0.1) is 0 Å². The van der Waals surface area contributed by atoms with E-state index in [2.05, 4.69) is 46.3 Å². The number of anilines is 2. The molecule has 5 N–H and O–H groups in total. The van der Waals surface area contributed by atoms with Gasteiger partial charge in [-0.2, -0.15) is 10.2 Å². The fourth-order valence-electron chi connectivity index (χ4n) is 4.47. The molecule has 1 fully saturated rings. The molecule has 5 rings (SSSR count). The maximum Gasteiger partial charge on any atom is 0.290 e. The highest BCUT2D eigenvalue weighted by atomic mass is 16.2. The molecule has 0 bridgehead atoms. The predicted molar refractivity (Wildman–Crippen MR) is 131 cm³/mol. The molecule has 12 nitrogen and oxygen atoms in total. The standard InChI is InChI=1S/C23H25N9O3/c33-17(8-11-26-20-15-6-2-10-25-19(15)23(35)32-29-20)27-13-4-1-5-14(12-13)28-21-18-16(7-3-9-24-18)22(34)31-30-21/h2-3,6-7,9-10,13-14H,1,4-5,8,11-12H2,(H,26,29)(H,27,33)(H,28,30)(H,31,34)(H,32,35). The molecule has 180 valence electrons. The van der Waals surface area contributed by atoms with E-state index in [1.165, 1.54) is 0 Å². The molecule has 0 aromatic carbocycles. The molecule has 4 heterocycles. The lowest BCUT2D eigenvalue weighted by atomic mass is 9.91. The highest BCUT2D eigenvalue weighted by Crippen LogP contribution is 2.24. The van der Waals surface area contributed by atoms with E-state index in [-0.39, 0.29) is 35.5 Å². The van der Waals surface area contributed by atoms with Gasteiger partial charge in [-0.25, -0.2) is 10.2 Å². The molecule has 4 aromatic heterocycles. The highest BCUT2D eigenvalue weighted by Gasteiger charge is 2.24. The van der Waals surface area contributed by atoms with Gasteiger partial charge in [0, 0.05) is 37.4 Å². The van der Waals surface area contributed by atoms with Crippen molar-refractivity contribution in [3.63, 3.8) is 0 Å². The van der Waals surface area contributed by atoms with Crippen molar-refractivity contribution >= 4 is 39.3 Å². The number of carbonyl (C=O) groups is 1. The second-order valence-electron chi connectivity index (χ2n) is 8.55. The van der Waals surface area contributed by atoms with Gasteiger partial charge in [0.2, 0.25) is 5.91 Å². The number of rotatable bonds is 7. The Kier molecular flexibility index (Phi) is 6.33. The lowest BCUT2D eigenvalue weighted by Gasteiger charge is -2.30. The van der Waals surface area contributed by atoms with Gasteiger partial charge >= 0.3 is 0 Å². The summed E-state index contributed by atoms with van der Waals surface area (Å²) < 4.78 is 0. The number of fused-ring (bicyclic) bond motifs is 2. The van der Waals surface area contributed by atoms with Gasteiger partial charge in [0.25, 0.3) is 11.1 Å². The van der Waals surface area contributed by atoms with Crippen molar-refractivity contribution < 1.29 is 4.79 Å². The smallest absolute Gasteiger partial charge is 0.290 e. The van der Waals surface area contributed by atoms with Crippen LogP contribution in [-0.4, -0.2) is 54.9 Å². The van der Waals surface area contributed by atoms with Crippen LogP contribution in [0.25, 0.3) is 21.8 Å². The summed E-state index contributed by atoms with van der Waals surface area (Å²) >= 11 is 0. The van der Waals surface area contributed by atoms with Crippen LogP contribution in [0.4, 0.5) is 11.6 Å². The van der Waals surface area contributed by atoms with Gasteiger partial charge in [0.15, 0.2) is 11.6 Å². The van der Waals surface area contributed by atoms with Gasteiger partial charge in [-0.05, 0) is 49.9 Å². The summed E-state index contributed by atoms with van der Waals surface area (Å²) in [5.74, 6) is 0.956. The van der Waals surface area contributed by atoms with Crippen LogP contribution in [0.15, 0.2) is 46.2 Å². The number of nitrogens with one attached hydrogen (secondary N) is 5. The van der Waals surface area contributed by atoms with E-state index in [1.807, 2.05) is 0 Å². The largest absolute Gasteiger partial charge is 0.368 e. The molecular weight excluding hydrogens is 450 g/mol. The fraction of sp³-hybridized carbons (Fsp3) is 0.348. The first kappa shape index (κ1) is 22.4. The molecule has 12 heteroatoms. The Morgan fingerprint density at radius 3 is 2.49 bits per heavy atom. The normalized spacial score (nSPS) is 17.8. The summed E-state index contributed by atoms with van der Waals surface area (Å²) in [6.45, 7) is 0.363. The molecule has 1 aliphatic carbocycles. The molecule has 0 saturated heterocycles. The number of hydrogen-bond donors (Lipinski definition) is 5. The maximum atomic E-state index is 12.6. The highest BCUT2D eigenvalue weighted by molar-refractivity contribution is 5.88. The SMILES string of the molecule is O=C(CCNc1n[nH]c(=O)c2ncccc12)NC1CCCC(Nc2n[nH]c(=O)c3cccnc23)C1. The molecule has 4 aromatic rings. The number of pyridine rings is 2. The Hall–Kier alpha value is -4.35. The molecule has 2 unspecified atom stereocenters. The second kappa shape index (κ2) is 9.87. The van der Waals surface area contributed by atoms with Crippen LogP contribution in [0, 0.1) is 0 Å². The van der Waals surface area contributed by atoms with Gasteiger partial charge < -0.3 is 16.0 Å². The van der Waals surface area contributed by atoms with Crippen LogP contribution < -0.4 is 27.1 Å². The summed E-state index contributed by atoms with van der Waals surface area (Å²) in [4.78, 5) is 44.8. The van der Waals surface area contributed by atoms with Crippen molar-refractivity contribution in [1.29, 1.82) is 0 Å². The van der Waals surface area contributed by atoms with Gasteiger partial charge in [-0.3, -0.25) is 24.4 Å². The summed E-state index contributed by atoms with van der Waals surface area (Å²) in [5, 5.41) is 23.8. The lowest BCUT2D eigenvalue weighted by molar-refractivity contribution is -0.121. The van der Waals surface area contributed by atoms with Crippen LogP contribution in [0.5, 0.6) is 0 Å². The topological polar surface area (TPSA) is 170 Å². The fourth-order valence-corrected chi connectivity index (χ4v) is 4.47. The van der Waals surface area contributed by atoms with Gasteiger partial charge in [-0.1, -0.05) is 0 Å². The third kappa shape index (κ3) is 4.95. The molecule has 0 radical (unpaired) electrons. The Bertz CT molecular complexity index is 1480. The molecule has 0 aliphatic heterocycles. The van der Waals surface area contributed by atoms with E-state index in [9.17, 15) is 14.4 Å². The molecule has 1 saturated carbocycles. The minimum Gasteiger partial charge on any atom is -0.368 e. The number of aromatic nitrogens is 6. The maximum absolute atomic E-state index is 12.6. The van der Waals surface area contributed by atoms with Crippen molar-refractivity contribution in [3.05, 3.63) is 57.4 Å². The quantitative estimate of drug-likeness (QED) is 0.264. The van der Waals surface area contributed by atoms with E-state index in [4.69, 9.17) is 0 Å².